The summed E-state index contributed by atoms with van der Waals surface area (Å²) in [4.78, 5) is 1.02. The Balaban J connectivity index is 2.15. The Labute approximate surface area is 169 Å². The van der Waals surface area contributed by atoms with E-state index in [0.29, 0.717) is 10.5 Å². The Bertz CT molecular complexity index is 1140. The predicted octanol–water partition coefficient (Wildman–Crippen LogP) is 5.19. The van der Waals surface area contributed by atoms with Gasteiger partial charge in [0.05, 0.1) is 26.0 Å². The molecule has 0 fully saturated rings. The molecule has 0 saturated heterocycles. The van der Waals surface area contributed by atoms with Crippen molar-refractivity contribution in [3.05, 3.63) is 100 Å². The van der Waals surface area contributed by atoms with Crippen LogP contribution in [0.2, 0.25) is 0 Å². The second-order valence-corrected chi connectivity index (χ2v) is 10.0. The van der Waals surface area contributed by atoms with E-state index in [0.717, 1.165) is 22.1 Å². The summed E-state index contributed by atoms with van der Waals surface area (Å²) in [6.45, 7) is 5.77. The summed E-state index contributed by atoms with van der Waals surface area (Å²) in [6.07, 6.45) is 0. The lowest BCUT2D eigenvalue weighted by molar-refractivity contribution is 0.604. The first kappa shape index (κ1) is 20.2. The van der Waals surface area contributed by atoms with Gasteiger partial charge < -0.3 is 0 Å². The number of aryl methyl sites for hydroxylation is 3. The van der Waals surface area contributed by atoms with E-state index in [9.17, 15) is 12.6 Å². The Kier molecular flexibility index (Phi) is 5.96. The van der Waals surface area contributed by atoms with Gasteiger partial charge in [-0.25, -0.2) is 12.6 Å². The fourth-order valence-electron chi connectivity index (χ4n) is 2.74. The zero-order valence-corrected chi connectivity index (χ0v) is 17.7. The minimum atomic E-state index is -3.75. The van der Waals surface area contributed by atoms with Crippen molar-refractivity contribution in [1.29, 1.82) is 0 Å². The van der Waals surface area contributed by atoms with Gasteiger partial charge in [-0.3, -0.25) is 0 Å². The van der Waals surface area contributed by atoms with E-state index in [4.69, 9.17) is 0 Å². The summed E-state index contributed by atoms with van der Waals surface area (Å²) < 4.78 is 39.3. The van der Waals surface area contributed by atoms with Crippen LogP contribution in [-0.2, 0) is 20.6 Å². The van der Waals surface area contributed by atoms with Crippen molar-refractivity contribution in [2.24, 2.45) is 0 Å². The van der Waals surface area contributed by atoms with Crippen LogP contribution in [-0.4, -0.2) is 12.6 Å². The van der Waals surface area contributed by atoms with Crippen molar-refractivity contribution in [1.82, 2.24) is 0 Å². The molecular weight excluding hydrogens is 388 g/mol. The first-order chi connectivity index (χ1) is 13.3. The zero-order valence-electron chi connectivity index (χ0n) is 16.0. The lowest BCUT2D eigenvalue weighted by Gasteiger charge is -2.10. The van der Waals surface area contributed by atoms with E-state index in [2.05, 4.69) is 0 Å². The molecule has 0 aliphatic rings. The van der Waals surface area contributed by atoms with E-state index in [1.165, 1.54) is 0 Å². The van der Waals surface area contributed by atoms with Gasteiger partial charge in [0.15, 0.2) is 0 Å². The van der Waals surface area contributed by atoms with E-state index in [1.807, 2.05) is 51.1 Å². The third-order valence-corrected chi connectivity index (χ3v) is 7.43. The van der Waals surface area contributed by atoms with E-state index >= 15 is 0 Å². The van der Waals surface area contributed by atoms with Gasteiger partial charge in [-0.05, 0) is 50.6 Å². The molecule has 3 rings (SSSR count). The maximum atomic E-state index is 13.3. The smallest absolute Gasteiger partial charge is 0.201 e. The monoisotopic (exact) mass is 410 g/mol. The largest absolute Gasteiger partial charge is 0.249 e. The molecule has 3 aromatic carbocycles. The number of benzene rings is 3. The van der Waals surface area contributed by atoms with Crippen LogP contribution in [0.5, 0.6) is 0 Å². The molecule has 144 valence electrons. The minimum absolute atomic E-state index is 0.184. The third kappa shape index (κ3) is 4.66. The van der Waals surface area contributed by atoms with Crippen LogP contribution in [0.4, 0.5) is 0 Å². The van der Waals surface area contributed by atoms with Gasteiger partial charge in [-0.15, -0.1) is 0 Å². The Hall–Kier alpha value is -2.50. The second-order valence-electron chi connectivity index (χ2n) is 6.79. The van der Waals surface area contributed by atoms with Crippen molar-refractivity contribution in [3.63, 3.8) is 0 Å². The molecule has 3 aromatic rings. The van der Waals surface area contributed by atoms with Gasteiger partial charge in [0.25, 0.3) is 0 Å². The van der Waals surface area contributed by atoms with Gasteiger partial charge in [-0.2, -0.15) is 0 Å². The van der Waals surface area contributed by atoms with Crippen LogP contribution < -0.4 is 0 Å². The molecule has 1 atom stereocenters. The summed E-state index contributed by atoms with van der Waals surface area (Å²) in [5, 5.41) is 1.14. The van der Waals surface area contributed by atoms with E-state index < -0.39 is 20.6 Å². The average molecular weight is 411 g/mol. The molecule has 3 nitrogen and oxygen atoms in total. The number of sulfone groups is 1. The van der Waals surface area contributed by atoms with Crippen molar-refractivity contribution >= 4 is 25.5 Å². The van der Waals surface area contributed by atoms with Crippen molar-refractivity contribution in [2.45, 2.75) is 30.6 Å². The zero-order chi connectivity index (χ0) is 20.3. The van der Waals surface area contributed by atoms with Gasteiger partial charge in [0.2, 0.25) is 9.84 Å². The number of rotatable bonds is 5. The highest BCUT2D eigenvalue weighted by atomic mass is 32.2. The quantitative estimate of drug-likeness (QED) is 0.581. The summed E-state index contributed by atoms with van der Waals surface area (Å²) in [7, 11) is -5.38. The Morgan fingerprint density at radius 3 is 1.93 bits per heavy atom. The van der Waals surface area contributed by atoms with Crippen LogP contribution in [0.25, 0.3) is 4.91 Å². The third-order valence-electron chi connectivity index (χ3n) is 4.35. The number of hydrogen-bond acceptors (Lipinski definition) is 3. The van der Waals surface area contributed by atoms with Crippen molar-refractivity contribution in [3.8, 4) is 0 Å². The molecule has 0 aromatic heterocycles. The van der Waals surface area contributed by atoms with Crippen LogP contribution in [0.15, 0.2) is 88.0 Å². The summed E-state index contributed by atoms with van der Waals surface area (Å²) in [5.74, 6) is 0. The molecule has 0 bridgehead atoms. The maximum Gasteiger partial charge on any atom is 0.201 e. The van der Waals surface area contributed by atoms with Crippen molar-refractivity contribution in [2.75, 3.05) is 0 Å². The standard InChI is InChI=1S/C23H22O3S2/c1-17-7-11-21(12-8-17)27(24)23(20-6-4-5-19(3)15-20)16-28(25,26)22-13-9-18(2)10-14-22/h4-16H,1-3H3/b23-16+. The predicted molar refractivity (Wildman–Crippen MR) is 115 cm³/mol. The first-order valence-corrected chi connectivity index (χ1v) is 11.5. The molecule has 0 amide bonds. The summed E-state index contributed by atoms with van der Waals surface area (Å²) >= 11 is 0. The van der Waals surface area contributed by atoms with Crippen LogP contribution in [0, 0.1) is 20.8 Å². The highest BCUT2D eigenvalue weighted by molar-refractivity contribution is 7.99. The SMILES string of the molecule is Cc1ccc(S(=O)/C(=C/S(=O)(=O)c2ccc(C)cc2)c2cccc(C)c2)cc1. The lowest BCUT2D eigenvalue weighted by Crippen LogP contribution is -2.03. The molecule has 0 aliphatic heterocycles. The molecule has 0 saturated carbocycles. The highest BCUT2D eigenvalue weighted by Gasteiger charge is 2.19. The normalized spacial score (nSPS) is 13.3. The molecule has 5 heteroatoms. The fourth-order valence-corrected chi connectivity index (χ4v) is 5.52. The average Bonchev–Trinajstić information content (AvgIpc) is 2.66. The molecule has 0 spiro atoms. The number of hydrogen-bond donors (Lipinski definition) is 0. The summed E-state index contributed by atoms with van der Waals surface area (Å²) in [6, 6.07) is 21.3. The molecule has 28 heavy (non-hydrogen) atoms. The summed E-state index contributed by atoms with van der Waals surface area (Å²) in [5.41, 5.74) is 3.63. The maximum absolute atomic E-state index is 13.3. The molecule has 0 heterocycles. The second kappa shape index (κ2) is 8.25. The molecular formula is C23H22O3S2. The van der Waals surface area contributed by atoms with Gasteiger partial charge in [-0.1, -0.05) is 65.2 Å². The van der Waals surface area contributed by atoms with Gasteiger partial charge >= 0.3 is 0 Å². The van der Waals surface area contributed by atoms with Gasteiger partial charge in [0.1, 0.15) is 0 Å². The van der Waals surface area contributed by atoms with Crippen molar-refractivity contribution < 1.29 is 12.6 Å². The minimum Gasteiger partial charge on any atom is -0.249 e. The van der Waals surface area contributed by atoms with E-state index in [1.54, 1.807) is 42.5 Å². The molecule has 1 unspecified atom stereocenters. The first-order valence-electron chi connectivity index (χ1n) is 8.85. The van der Waals surface area contributed by atoms with Crippen LogP contribution >= 0.6 is 0 Å². The Morgan fingerprint density at radius 1 is 0.786 bits per heavy atom. The molecule has 0 aliphatic carbocycles. The molecule has 0 radical (unpaired) electrons. The van der Waals surface area contributed by atoms with Crippen LogP contribution in [0.1, 0.15) is 22.3 Å². The lowest BCUT2D eigenvalue weighted by atomic mass is 10.1. The van der Waals surface area contributed by atoms with Gasteiger partial charge in [0, 0.05) is 4.90 Å². The highest BCUT2D eigenvalue weighted by Crippen LogP contribution is 2.28. The van der Waals surface area contributed by atoms with Crippen LogP contribution in [0.3, 0.4) is 0 Å². The fraction of sp³-hybridized carbons (Fsp3) is 0.130. The topological polar surface area (TPSA) is 51.2 Å². The molecule has 0 N–H and O–H groups in total. The Morgan fingerprint density at radius 2 is 1.36 bits per heavy atom. The van der Waals surface area contributed by atoms with E-state index in [-0.39, 0.29) is 9.80 Å².